The molecule has 2 aromatic rings. The van der Waals surface area contributed by atoms with Crippen molar-refractivity contribution in [2.24, 2.45) is 0 Å². The van der Waals surface area contributed by atoms with Crippen LogP contribution in [0.2, 0.25) is 0 Å². The number of carbonyl (C=O) groups is 2. The van der Waals surface area contributed by atoms with Crippen molar-refractivity contribution >= 4 is 12.6 Å². The van der Waals surface area contributed by atoms with Gasteiger partial charge in [-0.2, -0.15) is 0 Å². The van der Waals surface area contributed by atoms with Crippen LogP contribution in [0.5, 0.6) is 23.0 Å². The molecule has 2 rings (SSSR count). The lowest BCUT2D eigenvalue weighted by atomic mass is 10.2. The normalized spacial score (nSPS) is 9.18. The van der Waals surface area contributed by atoms with Gasteiger partial charge < -0.3 is 19.7 Å². The highest BCUT2D eigenvalue weighted by molar-refractivity contribution is 5.79. The van der Waals surface area contributed by atoms with E-state index in [2.05, 4.69) is 0 Å². The molecule has 0 atom stereocenters. The molecule has 0 amide bonds. The first-order valence-corrected chi connectivity index (χ1v) is 6.20. The molecule has 0 fully saturated rings. The Balaban J connectivity index is 0.000000220. The second-order valence-corrected chi connectivity index (χ2v) is 4.09. The molecule has 22 heavy (non-hydrogen) atoms. The van der Waals surface area contributed by atoms with Crippen molar-refractivity contribution in [3.05, 3.63) is 47.5 Å². The molecule has 6 heteroatoms. The molecule has 116 valence electrons. The van der Waals surface area contributed by atoms with Crippen LogP contribution in [0.15, 0.2) is 36.4 Å². The fourth-order valence-electron chi connectivity index (χ4n) is 1.52. The summed E-state index contributed by atoms with van der Waals surface area (Å²) in [6.07, 6.45) is 1.28. The van der Waals surface area contributed by atoms with Gasteiger partial charge in [-0.05, 0) is 36.4 Å². The molecule has 0 bridgehead atoms. The van der Waals surface area contributed by atoms with Crippen LogP contribution in [0.4, 0.5) is 0 Å². The highest BCUT2D eigenvalue weighted by Crippen LogP contribution is 2.25. The lowest BCUT2D eigenvalue weighted by molar-refractivity contribution is 0.111. The summed E-state index contributed by atoms with van der Waals surface area (Å²) in [7, 11) is 2.94. The Morgan fingerprint density at radius 2 is 1.55 bits per heavy atom. The van der Waals surface area contributed by atoms with Gasteiger partial charge in [0.15, 0.2) is 17.8 Å². The summed E-state index contributed by atoms with van der Waals surface area (Å²) in [5.74, 6) is 0.887. The average molecular weight is 304 g/mol. The number of carbonyl (C=O) groups excluding carboxylic acids is 2. The lowest BCUT2D eigenvalue weighted by Crippen LogP contribution is -1.85. The zero-order chi connectivity index (χ0) is 16.5. The fraction of sp³-hybridized carbons (Fsp3) is 0.125. The maximum Gasteiger partial charge on any atom is 0.161 e. The second-order valence-electron chi connectivity index (χ2n) is 4.09. The number of ether oxygens (including phenoxy) is 2. The number of rotatable bonds is 4. The van der Waals surface area contributed by atoms with Gasteiger partial charge in [-0.1, -0.05) is 0 Å². The summed E-state index contributed by atoms with van der Waals surface area (Å²) >= 11 is 0. The van der Waals surface area contributed by atoms with E-state index < -0.39 is 0 Å². The summed E-state index contributed by atoms with van der Waals surface area (Å²) in [5.41, 5.74) is 0.726. The number of benzene rings is 2. The van der Waals surface area contributed by atoms with Gasteiger partial charge in [-0.3, -0.25) is 9.59 Å². The molecule has 0 unspecified atom stereocenters. The Hall–Kier alpha value is -3.02. The minimum Gasteiger partial charge on any atom is -0.507 e. The first-order valence-electron chi connectivity index (χ1n) is 6.20. The molecule has 0 radical (unpaired) electrons. The van der Waals surface area contributed by atoms with Crippen LogP contribution < -0.4 is 9.47 Å². The quantitative estimate of drug-likeness (QED) is 0.843. The van der Waals surface area contributed by atoms with Gasteiger partial charge in [0, 0.05) is 5.56 Å². The molecule has 0 aliphatic heterocycles. The number of hydrogen-bond acceptors (Lipinski definition) is 6. The molecule has 0 aromatic heterocycles. The Labute approximate surface area is 127 Å². The standard InChI is InChI=1S/2C8H8O3/c1-11-7-2-3-8(10)6(4-7)5-9;1-11-8-4-6(5-9)2-3-7(8)10/h2*2-5,10H,1H3. The number of methoxy groups -OCH3 is 2. The number of aldehydes is 2. The first kappa shape index (κ1) is 17.0. The van der Waals surface area contributed by atoms with Crippen molar-refractivity contribution in [1.82, 2.24) is 0 Å². The minimum atomic E-state index is -0.0270. The fourth-order valence-corrected chi connectivity index (χ4v) is 1.52. The van der Waals surface area contributed by atoms with Crippen molar-refractivity contribution in [3.63, 3.8) is 0 Å². The Morgan fingerprint density at radius 3 is 2.09 bits per heavy atom. The van der Waals surface area contributed by atoms with Crippen LogP contribution in [0.3, 0.4) is 0 Å². The third-order valence-electron chi connectivity index (χ3n) is 2.70. The van der Waals surface area contributed by atoms with Gasteiger partial charge in [-0.25, -0.2) is 0 Å². The third kappa shape index (κ3) is 4.52. The molecule has 0 saturated carbocycles. The molecule has 0 aliphatic rings. The number of phenolic OH excluding ortho intramolecular Hbond substituents is 2. The number of aromatic hydroxyl groups is 2. The van der Waals surface area contributed by atoms with E-state index in [1.807, 2.05) is 0 Å². The molecule has 0 heterocycles. The van der Waals surface area contributed by atoms with E-state index in [1.54, 1.807) is 6.07 Å². The Kier molecular flexibility index (Phi) is 6.43. The molecule has 0 aliphatic carbocycles. The second kappa shape index (κ2) is 8.31. The summed E-state index contributed by atoms with van der Waals surface area (Å²) in [6, 6.07) is 8.89. The van der Waals surface area contributed by atoms with E-state index in [9.17, 15) is 9.59 Å². The predicted octanol–water partition coefficient (Wildman–Crippen LogP) is 2.43. The summed E-state index contributed by atoms with van der Waals surface area (Å²) in [5, 5.41) is 18.1. The third-order valence-corrected chi connectivity index (χ3v) is 2.70. The van der Waals surface area contributed by atoms with Crippen molar-refractivity contribution < 1.29 is 29.3 Å². The van der Waals surface area contributed by atoms with Crippen LogP contribution in [-0.4, -0.2) is 37.0 Å². The van der Waals surface area contributed by atoms with Crippen LogP contribution in [0.25, 0.3) is 0 Å². The molecule has 2 N–H and O–H groups in total. The maximum absolute atomic E-state index is 10.3. The summed E-state index contributed by atoms with van der Waals surface area (Å²) in [4.78, 5) is 20.5. The van der Waals surface area contributed by atoms with Crippen molar-refractivity contribution in [3.8, 4) is 23.0 Å². The van der Waals surface area contributed by atoms with E-state index in [1.165, 1.54) is 44.6 Å². The minimum absolute atomic E-state index is 0.0270. The van der Waals surface area contributed by atoms with Gasteiger partial charge in [0.2, 0.25) is 0 Å². The maximum atomic E-state index is 10.3. The van der Waals surface area contributed by atoms with Crippen molar-refractivity contribution in [2.45, 2.75) is 0 Å². The lowest BCUT2D eigenvalue weighted by Gasteiger charge is -2.01. The summed E-state index contributed by atoms with van der Waals surface area (Å²) < 4.78 is 9.62. The highest BCUT2D eigenvalue weighted by atomic mass is 16.5. The summed E-state index contributed by atoms with van der Waals surface area (Å²) in [6.45, 7) is 0. The molecule has 0 saturated heterocycles. The van der Waals surface area contributed by atoms with Crippen LogP contribution >= 0.6 is 0 Å². The average Bonchev–Trinajstić information content (AvgIpc) is 2.56. The topological polar surface area (TPSA) is 93.1 Å². The first-order chi connectivity index (χ1) is 10.5. The van der Waals surface area contributed by atoms with E-state index >= 15 is 0 Å². The van der Waals surface area contributed by atoms with Crippen LogP contribution in [-0.2, 0) is 0 Å². The van der Waals surface area contributed by atoms with E-state index in [4.69, 9.17) is 19.7 Å². The Bertz CT molecular complexity index is 651. The highest BCUT2D eigenvalue weighted by Gasteiger charge is 2.01. The molecule has 0 spiro atoms. The van der Waals surface area contributed by atoms with E-state index in [0.29, 0.717) is 29.6 Å². The zero-order valence-corrected chi connectivity index (χ0v) is 12.1. The molecular weight excluding hydrogens is 288 g/mol. The largest absolute Gasteiger partial charge is 0.507 e. The van der Waals surface area contributed by atoms with Gasteiger partial charge in [0.05, 0.1) is 19.8 Å². The van der Waals surface area contributed by atoms with Gasteiger partial charge in [-0.15, -0.1) is 0 Å². The van der Waals surface area contributed by atoms with Crippen LogP contribution in [0.1, 0.15) is 20.7 Å². The molecule has 2 aromatic carbocycles. The smallest absolute Gasteiger partial charge is 0.161 e. The van der Waals surface area contributed by atoms with Gasteiger partial charge >= 0.3 is 0 Å². The van der Waals surface area contributed by atoms with E-state index in [0.717, 1.165) is 0 Å². The monoisotopic (exact) mass is 304 g/mol. The van der Waals surface area contributed by atoms with E-state index in [-0.39, 0.29) is 17.1 Å². The Morgan fingerprint density at radius 1 is 0.864 bits per heavy atom. The zero-order valence-electron chi connectivity index (χ0n) is 12.1. The van der Waals surface area contributed by atoms with Crippen molar-refractivity contribution in [2.75, 3.05) is 14.2 Å². The molecular formula is C16H16O6. The van der Waals surface area contributed by atoms with Crippen molar-refractivity contribution in [1.29, 1.82) is 0 Å². The number of phenols is 2. The number of hydrogen-bond donors (Lipinski definition) is 2. The predicted molar refractivity (Wildman–Crippen MR) is 80.1 cm³/mol. The van der Waals surface area contributed by atoms with Crippen LogP contribution in [0, 0.1) is 0 Å². The SMILES string of the molecule is COc1cc(C=O)ccc1O.COc1ccc(O)c(C=O)c1. The van der Waals surface area contributed by atoms with Gasteiger partial charge in [0.1, 0.15) is 17.8 Å². The molecule has 6 nitrogen and oxygen atoms in total. The van der Waals surface area contributed by atoms with Gasteiger partial charge in [0.25, 0.3) is 0 Å².